The number of hydrogen-bond acceptors (Lipinski definition) is 7. The third kappa shape index (κ3) is 4.71. The van der Waals surface area contributed by atoms with Crippen molar-refractivity contribution in [2.75, 3.05) is 37.3 Å². The topological polar surface area (TPSA) is 104 Å². The number of ether oxygens (including phenoxy) is 1. The molecule has 0 unspecified atom stereocenters. The quantitative estimate of drug-likeness (QED) is 0.718. The first-order valence-electron chi connectivity index (χ1n) is 9.61. The van der Waals surface area contributed by atoms with Crippen LogP contribution in [0.15, 0.2) is 41.4 Å². The van der Waals surface area contributed by atoms with E-state index in [1.54, 1.807) is 23.2 Å². The van der Waals surface area contributed by atoms with Crippen LogP contribution in [0.25, 0.3) is 0 Å². The Balaban J connectivity index is 1.83. The Morgan fingerprint density at radius 1 is 1.20 bits per heavy atom. The minimum atomic E-state index is -3.46. The normalized spacial score (nSPS) is 14.5. The number of piperazine rings is 1. The molecule has 1 aliphatic rings. The molecule has 0 spiro atoms. The lowest BCUT2D eigenvalue weighted by Gasteiger charge is -2.36. The number of nitrogens with zero attached hydrogens (tertiary/aromatic N) is 4. The fourth-order valence-corrected chi connectivity index (χ4v) is 3.94. The van der Waals surface area contributed by atoms with Crippen LogP contribution in [0.2, 0.25) is 0 Å². The molecule has 0 saturated carbocycles. The highest BCUT2D eigenvalue weighted by Crippen LogP contribution is 2.26. The molecule has 2 aromatic rings. The maximum atomic E-state index is 13.2. The Labute approximate surface area is 176 Å². The van der Waals surface area contributed by atoms with Crippen LogP contribution in [0, 0.1) is 11.3 Å². The molecule has 0 aliphatic carbocycles. The van der Waals surface area contributed by atoms with Gasteiger partial charge in [-0.2, -0.15) is 5.26 Å². The summed E-state index contributed by atoms with van der Waals surface area (Å²) in [5.74, 6) is 0.689. The minimum Gasteiger partial charge on any atom is -0.490 e. The Kier molecular flexibility index (Phi) is 6.27. The van der Waals surface area contributed by atoms with Gasteiger partial charge in [-0.3, -0.25) is 4.79 Å². The summed E-state index contributed by atoms with van der Waals surface area (Å²) < 4.78 is 29.7. The van der Waals surface area contributed by atoms with Gasteiger partial charge in [0.15, 0.2) is 9.84 Å². The first-order chi connectivity index (χ1) is 14.2. The summed E-state index contributed by atoms with van der Waals surface area (Å²) >= 11 is 0. The molecule has 1 aromatic heterocycles. The van der Waals surface area contributed by atoms with E-state index in [-0.39, 0.29) is 22.5 Å². The van der Waals surface area contributed by atoms with E-state index in [1.165, 1.54) is 18.2 Å². The number of rotatable bonds is 5. The number of amides is 1. The van der Waals surface area contributed by atoms with E-state index >= 15 is 0 Å². The molecule has 3 rings (SSSR count). The molecule has 9 heteroatoms. The Morgan fingerprint density at radius 3 is 2.50 bits per heavy atom. The molecule has 1 aliphatic heterocycles. The number of hydrogen-bond donors (Lipinski definition) is 0. The van der Waals surface area contributed by atoms with E-state index in [1.807, 2.05) is 18.7 Å². The summed E-state index contributed by atoms with van der Waals surface area (Å²) in [6.45, 7) is 5.57. The van der Waals surface area contributed by atoms with Gasteiger partial charge in [-0.1, -0.05) is 0 Å². The Morgan fingerprint density at radius 2 is 1.90 bits per heavy atom. The van der Waals surface area contributed by atoms with Crippen LogP contribution in [-0.4, -0.2) is 62.7 Å². The average Bonchev–Trinajstić information content (AvgIpc) is 2.72. The maximum Gasteiger partial charge on any atom is 0.257 e. The zero-order chi connectivity index (χ0) is 21.9. The van der Waals surface area contributed by atoms with Crippen molar-refractivity contribution >= 4 is 21.6 Å². The fourth-order valence-electron chi connectivity index (χ4n) is 3.29. The summed E-state index contributed by atoms with van der Waals surface area (Å²) in [6.07, 6.45) is 2.59. The number of sulfone groups is 1. The van der Waals surface area contributed by atoms with Crippen LogP contribution in [0.5, 0.6) is 5.75 Å². The van der Waals surface area contributed by atoms with Gasteiger partial charge in [0.25, 0.3) is 5.91 Å². The Hall–Kier alpha value is -3.12. The zero-order valence-corrected chi connectivity index (χ0v) is 18.0. The van der Waals surface area contributed by atoms with E-state index in [2.05, 4.69) is 11.1 Å². The van der Waals surface area contributed by atoms with Crippen molar-refractivity contribution in [1.82, 2.24) is 9.88 Å². The van der Waals surface area contributed by atoms with Crippen molar-refractivity contribution in [2.45, 2.75) is 24.8 Å². The lowest BCUT2D eigenvalue weighted by Crippen LogP contribution is -2.49. The number of benzene rings is 1. The van der Waals surface area contributed by atoms with E-state index in [9.17, 15) is 18.5 Å². The monoisotopic (exact) mass is 428 g/mol. The second kappa shape index (κ2) is 8.71. The first-order valence-corrected chi connectivity index (χ1v) is 11.5. The van der Waals surface area contributed by atoms with Gasteiger partial charge < -0.3 is 14.5 Å². The van der Waals surface area contributed by atoms with Crippen LogP contribution in [0.1, 0.15) is 29.8 Å². The average molecular weight is 429 g/mol. The molecule has 158 valence electrons. The molecule has 0 bridgehead atoms. The van der Waals surface area contributed by atoms with Crippen LogP contribution >= 0.6 is 0 Å². The van der Waals surface area contributed by atoms with Gasteiger partial charge in [0, 0.05) is 38.6 Å². The molecule has 1 fully saturated rings. The number of carbonyl (C=O) groups is 1. The molecule has 1 aromatic carbocycles. The second-order valence-corrected chi connectivity index (χ2v) is 9.38. The molecule has 0 N–H and O–H groups in total. The van der Waals surface area contributed by atoms with Gasteiger partial charge >= 0.3 is 0 Å². The molecule has 2 heterocycles. The summed E-state index contributed by atoms with van der Waals surface area (Å²) in [5.41, 5.74) is 0.723. The molecule has 1 amide bonds. The summed E-state index contributed by atoms with van der Waals surface area (Å²) in [7, 11) is -3.46. The zero-order valence-electron chi connectivity index (χ0n) is 17.2. The summed E-state index contributed by atoms with van der Waals surface area (Å²) in [5, 5.41) is 9.29. The highest BCUT2D eigenvalue weighted by molar-refractivity contribution is 7.90. The van der Waals surface area contributed by atoms with Gasteiger partial charge in [-0.05, 0) is 44.2 Å². The standard InChI is InChI=1S/C21H24N4O4S/c1-15(2)29-19-7-6-17(30(3,27)28)13-18(19)21(26)25-11-9-24(10-12-25)20-16(14-22)5-4-8-23-20/h4-8,13,15H,9-12H2,1-3H3. The molecular weight excluding hydrogens is 404 g/mol. The van der Waals surface area contributed by atoms with Crippen LogP contribution < -0.4 is 9.64 Å². The summed E-state index contributed by atoms with van der Waals surface area (Å²) in [6, 6.07) is 9.94. The maximum absolute atomic E-state index is 13.2. The number of pyridine rings is 1. The second-order valence-electron chi connectivity index (χ2n) is 7.36. The largest absolute Gasteiger partial charge is 0.490 e. The SMILES string of the molecule is CC(C)Oc1ccc(S(C)(=O)=O)cc1C(=O)N1CCN(c2ncccc2C#N)CC1. The predicted molar refractivity (Wildman–Crippen MR) is 112 cm³/mol. The molecule has 0 radical (unpaired) electrons. The van der Waals surface area contributed by atoms with Crippen molar-refractivity contribution in [1.29, 1.82) is 5.26 Å². The van der Waals surface area contributed by atoms with Crippen LogP contribution in [0.4, 0.5) is 5.82 Å². The molecule has 8 nitrogen and oxygen atoms in total. The van der Waals surface area contributed by atoms with Gasteiger partial charge in [-0.15, -0.1) is 0 Å². The number of anilines is 1. The number of nitriles is 1. The first kappa shape index (κ1) is 21.6. The van der Waals surface area contributed by atoms with E-state index in [0.29, 0.717) is 43.3 Å². The minimum absolute atomic E-state index is 0.0766. The van der Waals surface area contributed by atoms with Gasteiger partial charge in [0.05, 0.1) is 22.1 Å². The van der Waals surface area contributed by atoms with E-state index < -0.39 is 9.84 Å². The van der Waals surface area contributed by atoms with Crippen molar-refractivity contribution in [2.24, 2.45) is 0 Å². The fraction of sp³-hybridized carbons (Fsp3) is 0.381. The van der Waals surface area contributed by atoms with Crippen LogP contribution in [-0.2, 0) is 9.84 Å². The number of carbonyl (C=O) groups excluding carboxylic acids is 1. The molecule has 0 atom stereocenters. The molecular formula is C21H24N4O4S. The number of aromatic nitrogens is 1. The third-order valence-corrected chi connectivity index (χ3v) is 5.86. The smallest absolute Gasteiger partial charge is 0.257 e. The van der Waals surface area contributed by atoms with Gasteiger partial charge in [-0.25, -0.2) is 13.4 Å². The summed E-state index contributed by atoms with van der Waals surface area (Å²) in [4.78, 5) is 21.2. The highest BCUT2D eigenvalue weighted by Gasteiger charge is 2.27. The van der Waals surface area contributed by atoms with Crippen LogP contribution in [0.3, 0.4) is 0 Å². The van der Waals surface area contributed by atoms with Gasteiger partial charge in [0.2, 0.25) is 0 Å². The van der Waals surface area contributed by atoms with Gasteiger partial charge in [0.1, 0.15) is 17.6 Å². The van der Waals surface area contributed by atoms with E-state index in [4.69, 9.17) is 4.74 Å². The molecule has 30 heavy (non-hydrogen) atoms. The van der Waals surface area contributed by atoms with E-state index in [0.717, 1.165) is 6.26 Å². The molecule has 1 saturated heterocycles. The van der Waals surface area contributed by atoms with Crippen molar-refractivity contribution in [3.63, 3.8) is 0 Å². The predicted octanol–water partition coefficient (Wildman–Crippen LogP) is 2.11. The Bertz CT molecular complexity index is 1080. The highest BCUT2D eigenvalue weighted by atomic mass is 32.2. The van der Waals surface area contributed by atoms with Crippen molar-refractivity contribution in [3.8, 4) is 11.8 Å². The van der Waals surface area contributed by atoms with Crippen molar-refractivity contribution in [3.05, 3.63) is 47.7 Å². The lowest BCUT2D eigenvalue weighted by molar-refractivity contribution is 0.0740. The lowest BCUT2D eigenvalue weighted by atomic mass is 10.1. The van der Waals surface area contributed by atoms with Crippen molar-refractivity contribution < 1.29 is 17.9 Å². The third-order valence-electron chi connectivity index (χ3n) is 4.75.